The van der Waals surface area contributed by atoms with Crippen molar-refractivity contribution in [1.82, 2.24) is 4.57 Å². The Hall–Kier alpha value is -7.94. The van der Waals surface area contributed by atoms with E-state index >= 15 is 0 Å². The van der Waals surface area contributed by atoms with Crippen molar-refractivity contribution < 1.29 is 4.42 Å². The Balaban J connectivity index is 0.000000342. The van der Waals surface area contributed by atoms with Crippen LogP contribution in [0.2, 0.25) is 0 Å². The van der Waals surface area contributed by atoms with Crippen LogP contribution in [-0.2, 0) is 5.41 Å². The van der Waals surface area contributed by atoms with Gasteiger partial charge in [-0.2, -0.15) is 0 Å². The van der Waals surface area contributed by atoms with Gasteiger partial charge in [-0.15, -0.1) is 0 Å². The van der Waals surface area contributed by atoms with Gasteiger partial charge in [0.15, 0.2) is 0 Å². The highest BCUT2D eigenvalue weighted by molar-refractivity contribution is 6.15. The number of furan rings is 1. The summed E-state index contributed by atoms with van der Waals surface area (Å²) in [7, 11) is 0. The summed E-state index contributed by atoms with van der Waals surface area (Å²) < 4.78 is 8.69. The third-order valence-electron chi connectivity index (χ3n) is 13.3. The van der Waals surface area contributed by atoms with Gasteiger partial charge in [0, 0.05) is 21.6 Å². The van der Waals surface area contributed by atoms with Gasteiger partial charge in [0.2, 0.25) is 0 Å². The predicted octanol–water partition coefficient (Wildman–Crippen LogP) is 20.6. The Morgan fingerprint density at radius 3 is 1.86 bits per heavy atom. The van der Waals surface area contributed by atoms with Crippen LogP contribution in [0.4, 0.5) is 0 Å². The first-order chi connectivity index (χ1) is 34.9. The van der Waals surface area contributed by atoms with Crippen LogP contribution in [0.15, 0.2) is 228 Å². The van der Waals surface area contributed by atoms with E-state index in [1.165, 1.54) is 88.2 Å². The molecular formula is C69H67NO. The molecule has 0 aliphatic heterocycles. The van der Waals surface area contributed by atoms with Crippen LogP contribution in [-0.4, -0.2) is 4.57 Å². The topological polar surface area (TPSA) is 18.1 Å². The molecule has 0 spiro atoms. The molecule has 9 aromatic carbocycles. The summed E-state index contributed by atoms with van der Waals surface area (Å²) in [5, 5.41) is 7.37. The summed E-state index contributed by atoms with van der Waals surface area (Å²) >= 11 is 0. The van der Waals surface area contributed by atoms with Crippen molar-refractivity contribution >= 4 is 66.2 Å². The minimum atomic E-state index is -0.0360. The van der Waals surface area contributed by atoms with Crippen LogP contribution >= 0.6 is 0 Å². The number of nitrogens with zero attached hydrogens (tertiary/aromatic N) is 1. The van der Waals surface area contributed by atoms with Crippen LogP contribution in [0.3, 0.4) is 0 Å². The maximum absolute atomic E-state index is 6.29. The first-order valence-corrected chi connectivity index (χ1v) is 25.6. The molecule has 2 heteroatoms. The van der Waals surface area contributed by atoms with Gasteiger partial charge in [0.25, 0.3) is 0 Å². The Kier molecular flexibility index (Phi) is 15.5. The summed E-state index contributed by atoms with van der Waals surface area (Å²) in [5.41, 5.74) is 18.0. The first kappa shape index (κ1) is 49.5. The van der Waals surface area contributed by atoms with Crippen LogP contribution in [0.1, 0.15) is 84.6 Å². The number of allylic oxidation sites excluding steroid dienone is 5. The van der Waals surface area contributed by atoms with E-state index in [1.807, 2.05) is 53.7 Å². The molecule has 0 unspecified atom stereocenters. The standard InChI is InChI=1S/C52H39NO.C11H10.3C2H6/c1-4-39-40-20-5-8-23-45(40)52(2,3)44(39)24-12-16-34-15-11-17-35(31-34)36-18-13-19-37(32-36)38-29-30-47-43(33-38)41-21-6-9-25-46(41)53(47)48-26-14-28-50-51(48)42-22-7-10-27-49(42)54-50;1-9-6-7-10-4-2-3-5-11(10)8-9;3*1-2/h4-33H,1-3H3;2-8H,1H3;3*1-2H3/b16-12-,39-4+,44-24+;;;;. The summed E-state index contributed by atoms with van der Waals surface area (Å²) in [5.74, 6) is 0. The predicted molar refractivity (Wildman–Crippen MR) is 312 cm³/mol. The van der Waals surface area contributed by atoms with E-state index in [9.17, 15) is 0 Å². The van der Waals surface area contributed by atoms with Gasteiger partial charge in [-0.1, -0.05) is 237 Å². The number of rotatable bonds is 5. The van der Waals surface area contributed by atoms with Gasteiger partial charge in [0.1, 0.15) is 11.2 Å². The second kappa shape index (κ2) is 22.2. The molecule has 2 aromatic heterocycles. The summed E-state index contributed by atoms with van der Waals surface area (Å²) in [6.07, 6.45) is 8.99. The van der Waals surface area contributed by atoms with Gasteiger partial charge in [-0.3, -0.25) is 0 Å². The first-order valence-electron chi connectivity index (χ1n) is 25.6. The van der Waals surface area contributed by atoms with Crippen LogP contribution in [0.5, 0.6) is 0 Å². The molecule has 0 saturated heterocycles. The van der Waals surface area contributed by atoms with E-state index in [2.05, 4.69) is 245 Å². The molecule has 0 amide bonds. The lowest BCUT2D eigenvalue weighted by Gasteiger charge is -2.21. The maximum atomic E-state index is 6.29. The lowest BCUT2D eigenvalue weighted by atomic mass is 9.82. The van der Waals surface area contributed by atoms with Crippen LogP contribution < -0.4 is 0 Å². The van der Waals surface area contributed by atoms with Gasteiger partial charge >= 0.3 is 0 Å². The molecule has 0 radical (unpaired) electrons. The Morgan fingerprint density at radius 2 is 1.08 bits per heavy atom. The molecule has 1 aliphatic carbocycles. The van der Waals surface area contributed by atoms with E-state index in [0.29, 0.717) is 0 Å². The zero-order chi connectivity index (χ0) is 50.1. The minimum Gasteiger partial charge on any atom is -0.456 e. The third-order valence-corrected chi connectivity index (χ3v) is 13.3. The number of fused-ring (bicyclic) bond motifs is 8. The molecule has 2 nitrogen and oxygen atoms in total. The maximum Gasteiger partial charge on any atom is 0.137 e. The number of aromatic nitrogens is 1. The smallest absolute Gasteiger partial charge is 0.137 e. The molecule has 12 rings (SSSR count). The highest BCUT2D eigenvalue weighted by Crippen LogP contribution is 2.49. The molecule has 71 heavy (non-hydrogen) atoms. The number of benzene rings is 9. The van der Waals surface area contributed by atoms with Crippen molar-refractivity contribution in [2.45, 2.75) is 74.7 Å². The molecule has 0 fully saturated rings. The van der Waals surface area contributed by atoms with Crippen LogP contribution in [0.25, 0.3) is 94.1 Å². The summed E-state index contributed by atoms with van der Waals surface area (Å²) in [4.78, 5) is 0. The number of hydrogen-bond acceptors (Lipinski definition) is 1. The van der Waals surface area contributed by atoms with Crippen molar-refractivity contribution in [2.75, 3.05) is 0 Å². The largest absolute Gasteiger partial charge is 0.456 e. The second-order valence-corrected chi connectivity index (χ2v) is 17.7. The second-order valence-electron chi connectivity index (χ2n) is 17.7. The molecule has 0 N–H and O–H groups in total. The number of para-hydroxylation sites is 2. The Bertz CT molecular complexity index is 3710. The molecule has 2 heterocycles. The SMILES string of the molecule is C/C=C1/C(=C\C=C/c2cccc(-c3cccc(-c4ccc5c(c4)c4ccccc4n5-c4cccc5oc6ccccc6c45)c3)c2)C(C)(C)c2ccccc21.CC.CC.CC.Cc1ccc2ccccc2c1. The van der Waals surface area contributed by atoms with E-state index in [-0.39, 0.29) is 5.41 Å². The monoisotopic (exact) mass is 926 g/mol. The molecule has 1 aliphatic rings. The van der Waals surface area contributed by atoms with E-state index in [0.717, 1.165) is 27.6 Å². The van der Waals surface area contributed by atoms with E-state index < -0.39 is 0 Å². The molecule has 0 atom stereocenters. The Morgan fingerprint density at radius 1 is 0.479 bits per heavy atom. The van der Waals surface area contributed by atoms with E-state index in [1.54, 1.807) is 0 Å². The van der Waals surface area contributed by atoms with E-state index in [4.69, 9.17) is 4.42 Å². The van der Waals surface area contributed by atoms with Crippen molar-refractivity contribution in [3.8, 4) is 27.9 Å². The fraction of sp³-hybridized carbons (Fsp3) is 0.159. The van der Waals surface area contributed by atoms with Crippen LogP contribution in [0, 0.1) is 6.92 Å². The van der Waals surface area contributed by atoms with Gasteiger partial charge < -0.3 is 8.98 Å². The third kappa shape index (κ3) is 9.68. The lowest BCUT2D eigenvalue weighted by Crippen LogP contribution is -2.14. The van der Waals surface area contributed by atoms with Gasteiger partial charge in [0.05, 0.1) is 22.1 Å². The molecule has 11 aromatic rings. The average molecular weight is 926 g/mol. The van der Waals surface area contributed by atoms with Crippen molar-refractivity contribution in [3.05, 3.63) is 246 Å². The van der Waals surface area contributed by atoms with Gasteiger partial charge in [-0.05, 0) is 123 Å². The van der Waals surface area contributed by atoms with Crippen molar-refractivity contribution in [3.63, 3.8) is 0 Å². The summed E-state index contributed by atoms with van der Waals surface area (Å²) in [6.45, 7) is 20.9. The number of aryl methyl sites for hydroxylation is 1. The van der Waals surface area contributed by atoms with Gasteiger partial charge in [-0.25, -0.2) is 0 Å². The average Bonchev–Trinajstić information content (AvgIpc) is 4.05. The highest BCUT2D eigenvalue weighted by atomic mass is 16.3. The molecular weight excluding hydrogens is 859 g/mol. The molecule has 0 bridgehead atoms. The fourth-order valence-corrected chi connectivity index (χ4v) is 10.1. The fourth-order valence-electron chi connectivity index (χ4n) is 10.1. The lowest BCUT2D eigenvalue weighted by molar-refractivity contribution is 0.661. The number of hydrogen-bond donors (Lipinski definition) is 0. The quantitative estimate of drug-likeness (QED) is 0.168. The normalized spacial score (nSPS) is 13.6. The Labute approximate surface area is 421 Å². The molecule has 354 valence electrons. The molecule has 0 saturated carbocycles. The zero-order valence-electron chi connectivity index (χ0n) is 43.2. The van der Waals surface area contributed by atoms with Crippen molar-refractivity contribution in [1.29, 1.82) is 0 Å². The zero-order valence-corrected chi connectivity index (χ0v) is 43.2. The van der Waals surface area contributed by atoms with Crippen molar-refractivity contribution in [2.24, 2.45) is 0 Å². The highest BCUT2D eigenvalue weighted by Gasteiger charge is 2.37. The summed E-state index contributed by atoms with van der Waals surface area (Å²) in [6, 6.07) is 71.8. The minimum absolute atomic E-state index is 0.0360.